The third-order valence-corrected chi connectivity index (χ3v) is 6.91. The topological polar surface area (TPSA) is 138 Å². The molecule has 0 aliphatic carbocycles. The van der Waals surface area contributed by atoms with Crippen molar-refractivity contribution in [3.8, 4) is 0 Å². The van der Waals surface area contributed by atoms with E-state index in [9.17, 15) is 23.6 Å². The van der Waals surface area contributed by atoms with E-state index in [1.165, 1.54) is 34.9 Å². The third-order valence-electron chi connectivity index (χ3n) is 6.91. The number of H-pyrrole nitrogens is 1. The van der Waals surface area contributed by atoms with Crippen LogP contribution >= 0.6 is 0 Å². The van der Waals surface area contributed by atoms with Gasteiger partial charge in [-0.25, -0.2) is 9.18 Å². The molecule has 3 N–H and O–H groups in total. The van der Waals surface area contributed by atoms with Crippen LogP contribution in [0.15, 0.2) is 35.3 Å². The van der Waals surface area contributed by atoms with Crippen LogP contribution in [0.2, 0.25) is 0 Å². The van der Waals surface area contributed by atoms with Crippen LogP contribution in [0.4, 0.5) is 14.9 Å². The number of rotatable bonds is 11. The van der Waals surface area contributed by atoms with E-state index in [0.29, 0.717) is 40.8 Å². The molecule has 3 aromatic heterocycles. The smallest absolute Gasteiger partial charge is 0.407 e. The first-order valence-electron chi connectivity index (χ1n) is 13.7. The van der Waals surface area contributed by atoms with Crippen LogP contribution in [0.5, 0.6) is 0 Å². The largest absolute Gasteiger partial charge is 0.453 e. The van der Waals surface area contributed by atoms with Gasteiger partial charge < -0.3 is 29.8 Å². The molecule has 3 aromatic rings. The molecule has 226 valence electrons. The second-order valence-corrected chi connectivity index (χ2v) is 10.8. The molecule has 3 rings (SSSR count). The van der Waals surface area contributed by atoms with E-state index < -0.39 is 23.6 Å². The first-order valence-corrected chi connectivity index (χ1v) is 13.7. The number of hydrogen-bond donors (Lipinski definition) is 3. The van der Waals surface area contributed by atoms with Gasteiger partial charge in [0.15, 0.2) is 0 Å². The Kier molecular flexibility index (Phi) is 10.6. The number of amides is 3. The molecule has 0 aliphatic rings. The molecule has 0 spiro atoms. The SMILES string of the molecule is COC(=O)NC(CC/C=C/C(=O)N(C)C)C(=O)Nc1ccc(C)n(Cc2[nH]c3c(CC(C)C)c(F)cnc3c2C)c1=O. The number of aromatic amines is 1. The van der Waals surface area contributed by atoms with E-state index in [-0.39, 0.29) is 36.3 Å². The van der Waals surface area contributed by atoms with Crippen LogP contribution in [0.25, 0.3) is 11.0 Å². The summed E-state index contributed by atoms with van der Waals surface area (Å²) in [5.41, 5.74) is 3.55. The van der Waals surface area contributed by atoms with Gasteiger partial charge in [-0.3, -0.25) is 19.4 Å². The summed E-state index contributed by atoms with van der Waals surface area (Å²) in [5, 5.41) is 5.10. The molecule has 0 saturated heterocycles. The van der Waals surface area contributed by atoms with Crippen molar-refractivity contribution in [2.75, 3.05) is 26.5 Å². The van der Waals surface area contributed by atoms with Crippen LogP contribution in [-0.4, -0.2) is 64.6 Å². The number of anilines is 1. The van der Waals surface area contributed by atoms with Gasteiger partial charge in [0.2, 0.25) is 11.8 Å². The predicted molar refractivity (Wildman–Crippen MR) is 159 cm³/mol. The fourth-order valence-corrected chi connectivity index (χ4v) is 4.50. The number of carbonyl (C=O) groups is 3. The van der Waals surface area contributed by atoms with E-state index in [1.807, 2.05) is 20.8 Å². The molecule has 0 aromatic carbocycles. The van der Waals surface area contributed by atoms with Crippen molar-refractivity contribution in [1.82, 2.24) is 24.8 Å². The number of aromatic nitrogens is 3. The first-order chi connectivity index (χ1) is 19.8. The number of allylic oxidation sites excluding steroid dienone is 1. The maximum absolute atomic E-state index is 14.7. The Morgan fingerprint density at radius 2 is 1.93 bits per heavy atom. The van der Waals surface area contributed by atoms with E-state index in [1.54, 1.807) is 33.2 Å². The lowest BCUT2D eigenvalue weighted by molar-refractivity contribution is -0.123. The fraction of sp³-hybridized carbons (Fsp3) is 0.433. The number of nitrogens with one attached hydrogen (secondary N) is 3. The van der Waals surface area contributed by atoms with Gasteiger partial charge >= 0.3 is 6.09 Å². The molecule has 11 nitrogen and oxygen atoms in total. The van der Waals surface area contributed by atoms with Crippen molar-refractivity contribution in [2.45, 2.75) is 59.5 Å². The Bertz CT molecular complexity index is 1560. The zero-order chi connectivity index (χ0) is 31.1. The van der Waals surface area contributed by atoms with Gasteiger partial charge in [-0.1, -0.05) is 19.9 Å². The lowest BCUT2D eigenvalue weighted by atomic mass is 10.0. The monoisotopic (exact) mass is 582 g/mol. The van der Waals surface area contributed by atoms with Crippen LogP contribution in [-0.2, 0) is 27.3 Å². The molecular formula is C30H39FN6O5. The number of likely N-dealkylation sites (N-methyl/N-ethyl adjacent to an activating group) is 1. The Morgan fingerprint density at radius 1 is 1.21 bits per heavy atom. The van der Waals surface area contributed by atoms with Crippen LogP contribution in [0, 0.1) is 25.6 Å². The molecule has 0 fully saturated rings. The average molecular weight is 583 g/mol. The maximum atomic E-state index is 14.7. The molecule has 42 heavy (non-hydrogen) atoms. The number of fused-ring (bicyclic) bond motifs is 1. The quantitative estimate of drug-likeness (QED) is 0.294. The minimum absolute atomic E-state index is 0.0269. The Balaban J connectivity index is 1.87. The highest BCUT2D eigenvalue weighted by Gasteiger charge is 2.23. The van der Waals surface area contributed by atoms with Crippen molar-refractivity contribution < 1.29 is 23.5 Å². The normalized spacial score (nSPS) is 12.1. The van der Waals surface area contributed by atoms with Crippen LogP contribution in [0.1, 0.15) is 49.2 Å². The number of pyridine rings is 2. The third kappa shape index (κ3) is 7.62. The van der Waals surface area contributed by atoms with E-state index >= 15 is 0 Å². The molecular weight excluding hydrogens is 543 g/mol. The Morgan fingerprint density at radius 3 is 2.57 bits per heavy atom. The summed E-state index contributed by atoms with van der Waals surface area (Å²) in [7, 11) is 4.42. The predicted octanol–water partition coefficient (Wildman–Crippen LogP) is 3.82. The molecule has 3 amide bonds. The summed E-state index contributed by atoms with van der Waals surface area (Å²) >= 11 is 0. The summed E-state index contributed by atoms with van der Waals surface area (Å²) in [5.74, 6) is -0.965. The van der Waals surface area contributed by atoms with Crippen LogP contribution in [0.3, 0.4) is 0 Å². The highest BCUT2D eigenvalue weighted by Crippen LogP contribution is 2.27. The summed E-state index contributed by atoms with van der Waals surface area (Å²) in [6.45, 7) is 7.82. The van der Waals surface area contributed by atoms with Gasteiger partial charge in [0, 0.05) is 31.0 Å². The van der Waals surface area contributed by atoms with Crippen molar-refractivity contribution >= 4 is 34.6 Å². The average Bonchev–Trinajstić information content (AvgIpc) is 3.25. The number of carbonyl (C=O) groups excluding carboxylic acids is 3. The highest BCUT2D eigenvalue weighted by molar-refractivity contribution is 5.96. The number of aryl methyl sites for hydroxylation is 2. The Labute approximate surface area is 244 Å². The van der Waals surface area contributed by atoms with E-state index in [0.717, 1.165) is 5.56 Å². The zero-order valence-corrected chi connectivity index (χ0v) is 25.1. The second-order valence-electron chi connectivity index (χ2n) is 10.8. The Hall–Kier alpha value is -4.48. The van der Waals surface area contributed by atoms with E-state index in [2.05, 4.69) is 25.3 Å². The molecule has 12 heteroatoms. The number of ether oxygens (including phenoxy) is 1. The number of methoxy groups -OCH3 is 1. The van der Waals surface area contributed by atoms with Crippen molar-refractivity contribution in [3.63, 3.8) is 0 Å². The van der Waals surface area contributed by atoms with Gasteiger partial charge in [0.1, 0.15) is 17.5 Å². The van der Waals surface area contributed by atoms with Crippen molar-refractivity contribution in [1.29, 1.82) is 0 Å². The number of halogens is 1. The second kappa shape index (κ2) is 13.9. The highest BCUT2D eigenvalue weighted by atomic mass is 19.1. The summed E-state index contributed by atoms with van der Waals surface area (Å²) in [4.78, 5) is 59.3. The molecule has 3 heterocycles. The molecule has 0 radical (unpaired) electrons. The molecule has 0 aliphatic heterocycles. The zero-order valence-electron chi connectivity index (χ0n) is 25.1. The van der Waals surface area contributed by atoms with Gasteiger partial charge in [-0.15, -0.1) is 0 Å². The summed E-state index contributed by atoms with van der Waals surface area (Å²) < 4.78 is 20.8. The molecule has 1 unspecified atom stereocenters. The van der Waals surface area contributed by atoms with Crippen molar-refractivity contribution in [3.05, 3.63) is 69.2 Å². The lowest BCUT2D eigenvalue weighted by Gasteiger charge is -2.18. The first kappa shape index (κ1) is 32.0. The summed E-state index contributed by atoms with van der Waals surface area (Å²) in [6, 6.07) is 2.18. The van der Waals surface area contributed by atoms with Gasteiger partial charge in [-0.2, -0.15) is 0 Å². The number of hydrogen-bond acceptors (Lipinski definition) is 6. The van der Waals surface area contributed by atoms with Gasteiger partial charge in [0.25, 0.3) is 5.56 Å². The summed E-state index contributed by atoms with van der Waals surface area (Å²) in [6.07, 6.45) is 4.42. The van der Waals surface area contributed by atoms with Gasteiger partial charge in [0.05, 0.1) is 30.9 Å². The lowest BCUT2D eigenvalue weighted by Crippen LogP contribution is -2.44. The van der Waals surface area contributed by atoms with Crippen LogP contribution < -0.4 is 16.2 Å². The minimum atomic E-state index is -1.03. The molecule has 0 saturated carbocycles. The van der Waals surface area contributed by atoms with Gasteiger partial charge in [-0.05, 0) is 62.8 Å². The minimum Gasteiger partial charge on any atom is -0.453 e. The van der Waals surface area contributed by atoms with E-state index in [4.69, 9.17) is 0 Å². The van der Waals surface area contributed by atoms with Crippen molar-refractivity contribution in [2.24, 2.45) is 5.92 Å². The maximum Gasteiger partial charge on any atom is 0.407 e. The number of nitrogens with zero attached hydrogens (tertiary/aromatic N) is 3. The fourth-order valence-electron chi connectivity index (χ4n) is 4.50. The molecule has 1 atom stereocenters. The number of alkyl carbamates (subject to hydrolysis) is 1. The standard InChI is InChI=1S/C30H39FN6O5/c1-17(2)14-20-21(31)15-32-26-19(4)24(33-27(20)26)16-37-18(3)12-13-23(29(37)40)34-28(39)22(35-30(41)42-7)10-8-9-11-25(38)36(5)6/h9,11-13,15,17,22,33H,8,10,14,16H2,1-7H3,(H,34,39)(H,35,41)/b11-9+. The molecule has 0 bridgehead atoms.